The molecule has 88 valence electrons. The molecule has 1 rings (SSSR count). The first-order valence-electron chi connectivity index (χ1n) is 5.15. The third-order valence-corrected chi connectivity index (χ3v) is 2.29. The van der Waals surface area contributed by atoms with Crippen LogP contribution in [-0.4, -0.2) is 24.7 Å². The van der Waals surface area contributed by atoms with Crippen LogP contribution in [0.15, 0.2) is 35.9 Å². The number of aliphatic carboxylic acids is 1. The van der Waals surface area contributed by atoms with Crippen LogP contribution in [0.3, 0.4) is 0 Å². The van der Waals surface area contributed by atoms with Crippen LogP contribution >= 0.6 is 0 Å². The van der Waals surface area contributed by atoms with E-state index in [1.807, 2.05) is 24.1 Å². The van der Waals surface area contributed by atoms with Crippen molar-refractivity contribution in [3.63, 3.8) is 0 Å². The molecular weight excluding hydrogens is 216 g/mol. The number of rotatable bonds is 4. The van der Waals surface area contributed by atoms with Gasteiger partial charge in [-0.25, -0.2) is 4.79 Å². The number of carboxylic acid groups (broad SMARTS) is 1. The van der Waals surface area contributed by atoms with Crippen LogP contribution in [0.4, 0.5) is 5.69 Å². The molecular formula is C13H14N2O2. The molecule has 0 amide bonds. The van der Waals surface area contributed by atoms with Crippen molar-refractivity contribution in [2.45, 2.75) is 6.92 Å². The van der Waals surface area contributed by atoms with Gasteiger partial charge in [0, 0.05) is 19.7 Å². The molecule has 0 radical (unpaired) electrons. The number of hydrogen-bond acceptors (Lipinski definition) is 3. The van der Waals surface area contributed by atoms with Crippen molar-refractivity contribution < 1.29 is 9.90 Å². The molecule has 1 aromatic rings. The predicted molar refractivity (Wildman–Crippen MR) is 65.8 cm³/mol. The number of benzene rings is 1. The van der Waals surface area contributed by atoms with Crippen molar-refractivity contribution in [3.8, 4) is 6.07 Å². The van der Waals surface area contributed by atoms with Gasteiger partial charge < -0.3 is 10.0 Å². The van der Waals surface area contributed by atoms with E-state index in [9.17, 15) is 4.79 Å². The normalized spacial score (nSPS) is 10.8. The summed E-state index contributed by atoms with van der Waals surface area (Å²) in [5.41, 5.74) is 2.11. The summed E-state index contributed by atoms with van der Waals surface area (Å²) < 4.78 is 0. The van der Waals surface area contributed by atoms with Crippen molar-refractivity contribution in [3.05, 3.63) is 41.5 Å². The van der Waals surface area contributed by atoms with Crippen LogP contribution in [0.5, 0.6) is 0 Å². The van der Waals surface area contributed by atoms with Gasteiger partial charge in [-0.3, -0.25) is 0 Å². The fourth-order valence-corrected chi connectivity index (χ4v) is 1.62. The molecule has 0 aliphatic rings. The Hall–Kier alpha value is -2.28. The molecule has 0 fully saturated rings. The van der Waals surface area contributed by atoms with Crippen LogP contribution in [0.2, 0.25) is 0 Å². The van der Waals surface area contributed by atoms with E-state index < -0.39 is 5.97 Å². The molecule has 1 N–H and O–H groups in total. The van der Waals surface area contributed by atoms with E-state index in [-0.39, 0.29) is 0 Å². The number of likely N-dealkylation sites (N-methyl/N-ethyl adjacent to an activating group) is 1. The highest BCUT2D eigenvalue weighted by atomic mass is 16.4. The van der Waals surface area contributed by atoms with Crippen LogP contribution in [0.1, 0.15) is 12.5 Å². The van der Waals surface area contributed by atoms with Crippen LogP contribution in [0.25, 0.3) is 0 Å². The second-order valence-electron chi connectivity index (χ2n) is 3.81. The predicted octanol–water partition coefficient (Wildman–Crippen LogP) is 2.03. The number of nitriles is 1. The minimum absolute atomic E-state index is 0.477. The standard InChI is InChI=1S/C13H14N2O2/c1-10(7-13(16)17)9-15(2)12-6-4-3-5-11(12)8-14/h3-7H,9H2,1-2H3,(H,16,17). The van der Waals surface area contributed by atoms with Gasteiger partial charge in [0.1, 0.15) is 6.07 Å². The molecule has 0 bridgehead atoms. The average molecular weight is 230 g/mol. The number of para-hydroxylation sites is 1. The third kappa shape index (κ3) is 3.65. The van der Waals surface area contributed by atoms with Crippen LogP contribution in [0, 0.1) is 11.3 Å². The highest BCUT2D eigenvalue weighted by molar-refractivity contribution is 5.80. The minimum atomic E-state index is -0.954. The fourth-order valence-electron chi connectivity index (χ4n) is 1.62. The molecule has 0 saturated carbocycles. The number of hydrogen-bond donors (Lipinski definition) is 1. The van der Waals surface area contributed by atoms with E-state index >= 15 is 0 Å². The van der Waals surface area contributed by atoms with E-state index in [0.29, 0.717) is 12.1 Å². The Labute approximate surface area is 100 Å². The Balaban J connectivity index is 2.87. The van der Waals surface area contributed by atoms with Gasteiger partial charge in [0.2, 0.25) is 0 Å². The molecule has 0 aliphatic heterocycles. The van der Waals surface area contributed by atoms with Crippen molar-refractivity contribution in [1.82, 2.24) is 0 Å². The smallest absolute Gasteiger partial charge is 0.328 e. The summed E-state index contributed by atoms with van der Waals surface area (Å²) in [6.07, 6.45) is 1.17. The number of carboxylic acids is 1. The van der Waals surface area contributed by atoms with E-state index in [2.05, 4.69) is 6.07 Å². The van der Waals surface area contributed by atoms with E-state index in [1.165, 1.54) is 6.08 Å². The summed E-state index contributed by atoms with van der Waals surface area (Å²) in [5, 5.41) is 17.6. The molecule has 0 saturated heterocycles. The zero-order chi connectivity index (χ0) is 12.8. The maximum absolute atomic E-state index is 10.5. The second-order valence-corrected chi connectivity index (χ2v) is 3.81. The molecule has 4 heteroatoms. The Bertz CT molecular complexity index is 486. The van der Waals surface area contributed by atoms with Crippen molar-refractivity contribution in [2.24, 2.45) is 0 Å². The Morgan fingerprint density at radius 2 is 2.18 bits per heavy atom. The maximum atomic E-state index is 10.5. The summed E-state index contributed by atoms with van der Waals surface area (Å²) >= 11 is 0. The average Bonchev–Trinajstić information content (AvgIpc) is 2.27. The quantitative estimate of drug-likeness (QED) is 0.804. The lowest BCUT2D eigenvalue weighted by molar-refractivity contribution is -0.131. The van der Waals surface area contributed by atoms with Crippen molar-refractivity contribution in [1.29, 1.82) is 5.26 Å². The van der Waals surface area contributed by atoms with Crippen molar-refractivity contribution >= 4 is 11.7 Å². The molecule has 1 aromatic carbocycles. The van der Waals surface area contributed by atoms with E-state index in [0.717, 1.165) is 11.3 Å². The minimum Gasteiger partial charge on any atom is -0.478 e. The summed E-state index contributed by atoms with van der Waals surface area (Å²) in [6.45, 7) is 2.23. The van der Waals surface area contributed by atoms with E-state index in [1.54, 1.807) is 19.1 Å². The molecule has 0 aromatic heterocycles. The summed E-state index contributed by atoms with van der Waals surface area (Å²) in [5.74, 6) is -0.954. The highest BCUT2D eigenvalue weighted by Crippen LogP contribution is 2.18. The second kappa shape index (κ2) is 5.71. The molecule has 0 unspecified atom stereocenters. The number of carbonyl (C=O) groups is 1. The van der Waals surface area contributed by atoms with Crippen molar-refractivity contribution in [2.75, 3.05) is 18.5 Å². The zero-order valence-corrected chi connectivity index (χ0v) is 9.84. The molecule has 0 heterocycles. The maximum Gasteiger partial charge on any atom is 0.328 e. The van der Waals surface area contributed by atoms with Gasteiger partial charge in [-0.05, 0) is 24.6 Å². The largest absolute Gasteiger partial charge is 0.478 e. The van der Waals surface area contributed by atoms with Gasteiger partial charge in [-0.15, -0.1) is 0 Å². The third-order valence-electron chi connectivity index (χ3n) is 2.29. The van der Waals surface area contributed by atoms with Gasteiger partial charge >= 0.3 is 5.97 Å². The lowest BCUT2D eigenvalue weighted by Crippen LogP contribution is -2.20. The van der Waals surface area contributed by atoms with Gasteiger partial charge in [-0.1, -0.05) is 12.1 Å². The number of anilines is 1. The lowest BCUT2D eigenvalue weighted by atomic mass is 10.1. The Kier molecular flexibility index (Phi) is 4.29. The Morgan fingerprint density at radius 3 is 2.76 bits per heavy atom. The van der Waals surface area contributed by atoms with E-state index in [4.69, 9.17) is 10.4 Å². The molecule has 0 aliphatic carbocycles. The number of nitrogens with zero attached hydrogens (tertiary/aromatic N) is 2. The zero-order valence-electron chi connectivity index (χ0n) is 9.84. The monoisotopic (exact) mass is 230 g/mol. The van der Waals surface area contributed by atoms with Gasteiger partial charge in [0.15, 0.2) is 0 Å². The summed E-state index contributed by atoms with van der Waals surface area (Å²) in [7, 11) is 1.83. The topological polar surface area (TPSA) is 64.3 Å². The first kappa shape index (κ1) is 12.8. The first-order chi connectivity index (χ1) is 8.04. The molecule has 0 atom stereocenters. The van der Waals surface area contributed by atoms with Crippen LogP contribution in [-0.2, 0) is 4.79 Å². The summed E-state index contributed by atoms with van der Waals surface area (Å²) in [4.78, 5) is 12.4. The Morgan fingerprint density at radius 1 is 1.53 bits per heavy atom. The highest BCUT2D eigenvalue weighted by Gasteiger charge is 2.07. The van der Waals surface area contributed by atoms with Crippen LogP contribution < -0.4 is 4.90 Å². The molecule has 17 heavy (non-hydrogen) atoms. The molecule has 0 spiro atoms. The van der Waals surface area contributed by atoms with Gasteiger partial charge in [0.05, 0.1) is 11.3 Å². The summed E-state index contributed by atoms with van der Waals surface area (Å²) in [6, 6.07) is 9.34. The fraction of sp³-hybridized carbons (Fsp3) is 0.231. The van der Waals surface area contributed by atoms with Gasteiger partial charge in [-0.2, -0.15) is 5.26 Å². The first-order valence-corrected chi connectivity index (χ1v) is 5.15. The lowest BCUT2D eigenvalue weighted by Gasteiger charge is -2.20. The molecule has 4 nitrogen and oxygen atoms in total. The van der Waals surface area contributed by atoms with Gasteiger partial charge in [0.25, 0.3) is 0 Å². The SMILES string of the molecule is CC(=CC(=O)O)CN(C)c1ccccc1C#N.